The maximum Gasteiger partial charge on any atom is 0.197 e. The van der Waals surface area contributed by atoms with Gasteiger partial charge in [-0.3, -0.25) is 9.19 Å². The van der Waals surface area contributed by atoms with Crippen LogP contribution >= 0.6 is 11.3 Å². The molecule has 0 radical (unpaired) electrons. The topological polar surface area (TPSA) is 67.9 Å². The number of fused-ring (bicyclic) bond motifs is 1. The fourth-order valence-corrected chi connectivity index (χ4v) is 3.46. The molecular weight excluding hydrogens is 282 g/mol. The van der Waals surface area contributed by atoms with Crippen molar-refractivity contribution < 1.29 is 8.95 Å². The number of pyridine rings is 1. The van der Waals surface area contributed by atoms with Crippen molar-refractivity contribution in [1.82, 2.24) is 15.0 Å². The van der Waals surface area contributed by atoms with Gasteiger partial charge >= 0.3 is 0 Å². The molecule has 1 N–H and O–H groups in total. The zero-order valence-electron chi connectivity index (χ0n) is 10.1. The number of aromatic nitrogens is 3. The second-order valence-electron chi connectivity index (χ2n) is 3.85. The van der Waals surface area contributed by atoms with Crippen LogP contribution in [0.3, 0.4) is 0 Å². The summed E-state index contributed by atoms with van der Waals surface area (Å²) in [5, 5.41) is 4.35. The van der Waals surface area contributed by atoms with Crippen LogP contribution < -0.4 is 4.74 Å². The van der Waals surface area contributed by atoms with Crippen molar-refractivity contribution in [1.29, 1.82) is 0 Å². The van der Waals surface area contributed by atoms with Crippen molar-refractivity contribution in [3.05, 3.63) is 34.8 Å². The third-order valence-corrected chi connectivity index (χ3v) is 4.55. The highest BCUT2D eigenvalue weighted by Gasteiger charge is 2.14. The Balaban J connectivity index is 1.86. The predicted molar refractivity (Wildman–Crippen MR) is 74.9 cm³/mol. The SMILES string of the molecule is COc1cccnc1CS(=O)c1nc2cscc2[nH]1. The molecule has 0 saturated heterocycles. The molecule has 0 aromatic carbocycles. The van der Waals surface area contributed by atoms with Gasteiger partial charge in [0.25, 0.3) is 0 Å². The number of hydrogen-bond acceptors (Lipinski definition) is 5. The highest BCUT2D eigenvalue weighted by atomic mass is 32.2. The van der Waals surface area contributed by atoms with Crippen LogP contribution in [0.5, 0.6) is 5.75 Å². The van der Waals surface area contributed by atoms with Gasteiger partial charge in [-0.25, -0.2) is 4.98 Å². The van der Waals surface area contributed by atoms with E-state index < -0.39 is 10.8 Å². The van der Waals surface area contributed by atoms with E-state index in [1.807, 2.05) is 10.8 Å². The average Bonchev–Trinajstić information content (AvgIpc) is 3.00. The number of nitrogens with zero attached hydrogens (tertiary/aromatic N) is 2. The summed E-state index contributed by atoms with van der Waals surface area (Å²) in [5.41, 5.74) is 2.44. The molecule has 5 nitrogen and oxygen atoms in total. The van der Waals surface area contributed by atoms with Crippen molar-refractivity contribution in [2.75, 3.05) is 7.11 Å². The molecule has 98 valence electrons. The fraction of sp³-hybridized carbons (Fsp3) is 0.167. The Bertz CT molecular complexity index is 707. The Morgan fingerprint density at radius 1 is 1.47 bits per heavy atom. The van der Waals surface area contributed by atoms with Crippen molar-refractivity contribution in [2.24, 2.45) is 0 Å². The van der Waals surface area contributed by atoms with E-state index in [-0.39, 0.29) is 5.75 Å². The lowest BCUT2D eigenvalue weighted by molar-refractivity contribution is 0.408. The Labute approximate surface area is 116 Å². The van der Waals surface area contributed by atoms with Gasteiger partial charge in [-0.2, -0.15) is 0 Å². The standard InChI is InChI=1S/C12H11N3O2S2/c1-17-11-3-2-4-13-10(11)7-19(16)12-14-8-5-18-6-9(8)15-12/h2-6H,7H2,1H3,(H,14,15). The summed E-state index contributed by atoms with van der Waals surface area (Å²) < 4.78 is 17.5. The molecule has 1 atom stereocenters. The summed E-state index contributed by atoms with van der Waals surface area (Å²) in [7, 11) is 0.314. The van der Waals surface area contributed by atoms with Crippen LogP contribution in [-0.4, -0.2) is 26.3 Å². The fourth-order valence-electron chi connectivity index (χ4n) is 1.74. The predicted octanol–water partition coefficient (Wildman–Crippen LogP) is 2.34. The smallest absolute Gasteiger partial charge is 0.197 e. The van der Waals surface area contributed by atoms with Crippen molar-refractivity contribution >= 4 is 33.2 Å². The van der Waals surface area contributed by atoms with Crippen LogP contribution in [0, 0.1) is 0 Å². The minimum atomic E-state index is -1.26. The largest absolute Gasteiger partial charge is 0.495 e. The summed E-state index contributed by atoms with van der Waals surface area (Å²) in [6, 6.07) is 3.59. The summed E-state index contributed by atoms with van der Waals surface area (Å²) in [5.74, 6) is 0.924. The second-order valence-corrected chi connectivity index (χ2v) is 5.96. The number of rotatable bonds is 4. The van der Waals surface area contributed by atoms with Gasteiger partial charge in [-0.05, 0) is 12.1 Å². The molecule has 1 unspecified atom stereocenters. The van der Waals surface area contributed by atoms with E-state index in [4.69, 9.17) is 4.74 Å². The normalized spacial score (nSPS) is 12.7. The number of aromatic amines is 1. The lowest BCUT2D eigenvalue weighted by atomic mass is 10.3. The average molecular weight is 293 g/mol. The van der Waals surface area contributed by atoms with E-state index in [9.17, 15) is 4.21 Å². The minimum Gasteiger partial charge on any atom is -0.495 e. The van der Waals surface area contributed by atoms with E-state index in [0.29, 0.717) is 16.6 Å². The Morgan fingerprint density at radius 2 is 2.37 bits per heavy atom. The highest BCUT2D eigenvalue weighted by molar-refractivity contribution is 7.84. The van der Waals surface area contributed by atoms with Crippen LogP contribution in [-0.2, 0) is 16.6 Å². The van der Waals surface area contributed by atoms with E-state index in [1.165, 1.54) is 0 Å². The van der Waals surface area contributed by atoms with E-state index in [1.54, 1.807) is 36.8 Å². The first kappa shape index (κ1) is 12.3. The molecule has 19 heavy (non-hydrogen) atoms. The van der Waals surface area contributed by atoms with Gasteiger partial charge in [0, 0.05) is 17.0 Å². The van der Waals surface area contributed by atoms with Crippen molar-refractivity contribution in [3.63, 3.8) is 0 Å². The summed E-state index contributed by atoms with van der Waals surface area (Å²) in [4.78, 5) is 11.6. The molecule has 0 fully saturated rings. The first-order valence-electron chi connectivity index (χ1n) is 5.56. The van der Waals surface area contributed by atoms with Crippen LogP contribution in [0.4, 0.5) is 0 Å². The second kappa shape index (κ2) is 5.10. The van der Waals surface area contributed by atoms with Crippen LogP contribution in [0.25, 0.3) is 11.0 Å². The highest BCUT2D eigenvalue weighted by Crippen LogP contribution is 2.21. The lowest BCUT2D eigenvalue weighted by Crippen LogP contribution is -2.02. The van der Waals surface area contributed by atoms with Crippen LogP contribution in [0.15, 0.2) is 34.2 Å². The maximum absolute atomic E-state index is 12.3. The first-order valence-corrected chi connectivity index (χ1v) is 7.82. The van der Waals surface area contributed by atoms with Gasteiger partial charge in [0.15, 0.2) is 5.16 Å². The number of hydrogen-bond donors (Lipinski definition) is 1. The van der Waals surface area contributed by atoms with E-state index in [0.717, 1.165) is 11.0 Å². The first-order chi connectivity index (χ1) is 9.28. The number of thiophene rings is 1. The zero-order valence-corrected chi connectivity index (χ0v) is 11.8. The van der Waals surface area contributed by atoms with Gasteiger partial charge < -0.3 is 9.72 Å². The molecule has 0 spiro atoms. The molecule has 0 aliphatic heterocycles. The molecule has 0 aliphatic carbocycles. The molecule has 3 heterocycles. The van der Waals surface area contributed by atoms with Gasteiger partial charge in [0.1, 0.15) is 11.3 Å². The Morgan fingerprint density at radius 3 is 3.16 bits per heavy atom. The van der Waals surface area contributed by atoms with Gasteiger partial charge in [-0.15, -0.1) is 11.3 Å². The van der Waals surface area contributed by atoms with E-state index in [2.05, 4.69) is 15.0 Å². The molecule has 0 amide bonds. The monoisotopic (exact) mass is 293 g/mol. The molecule has 3 aromatic rings. The zero-order chi connectivity index (χ0) is 13.2. The third-order valence-electron chi connectivity index (χ3n) is 2.66. The van der Waals surface area contributed by atoms with Crippen LogP contribution in [0.1, 0.15) is 5.69 Å². The number of methoxy groups -OCH3 is 1. The number of imidazole rings is 1. The Hall–Kier alpha value is -1.73. The van der Waals surface area contributed by atoms with Gasteiger partial charge in [0.2, 0.25) is 0 Å². The molecule has 0 aliphatic rings. The van der Waals surface area contributed by atoms with Crippen molar-refractivity contribution in [2.45, 2.75) is 10.9 Å². The van der Waals surface area contributed by atoms with Gasteiger partial charge in [0.05, 0.1) is 34.9 Å². The summed E-state index contributed by atoms with van der Waals surface area (Å²) in [6.07, 6.45) is 1.66. The maximum atomic E-state index is 12.3. The molecule has 0 saturated carbocycles. The molecule has 3 rings (SSSR count). The summed E-state index contributed by atoms with van der Waals surface area (Å²) in [6.45, 7) is 0. The molecule has 7 heteroatoms. The molecular formula is C12H11N3O2S2. The Kier molecular flexibility index (Phi) is 3.31. The summed E-state index contributed by atoms with van der Waals surface area (Å²) >= 11 is 1.56. The lowest BCUT2D eigenvalue weighted by Gasteiger charge is -2.05. The number of H-pyrrole nitrogens is 1. The molecule has 0 bridgehead atoms. The quantitative estimate of drug-likeness (QED) is 0.801. The molecule has 3 aromatic heterocycles. The van der Waals surface area contributed by atoms with Crippen molar-refractivity contribution in [3.8, 4) is 5.75 Å². The minimum absolute atomic E-state index is 0.281. The number of ether oxygens (including phenoxy) is 1. The third kappa shape index (κ3) is 2.39. The van der Waals surface area contributed by atoms with Gasteiger partial charge in [-0.1, -0.05) is 0 Å². The van der Waals surface area contributed by atoms with Crippen LogP contribution in [0.2, 0.25) is 0 Å². The number of nitrogens with one attached hydrogen (secondary N) is 1. The van der Waals surface area contributed by atoms with E-state index >= 15 is 0 Å².